The van der Waals surface area contributed by atoms with E-state index < -0.39 is 17.3 Å². The number of ether oxygens (including phenoxy) is 3. The number of carbonyl (C=O) groups is 1. The van der Waals surface area contributed by atoms with Crippen molar-refractivity contribution in [1.29, 1.82) is 0 Å². The Morgan fingerprint density at radius 2 is 2.15 bits per heavy atom. The lowest BCUT2D eigenvalue weighted by atomic mass is 9.76. The van der Waals surface area contributed by atoms with E-state index in [1.165, 1.54) is 18.2 Å². The van der Waals surface area contributed by atoms with Crippen LogP contribution in [0.2, 0.25) is 0 Å². The first-order chi connectivity index (χ1) is 12.8. The molecule has 1 aliphatic carbocycles. The quantitative estimate of drug-likeness (QED) is 0.791. The molecule has 2 heterocycles. The Kier molecular flexibility index (Phi) is 3.94. The topological polar surface area (TPSA) is 85.2 Å². The van der Waals surface area contributed by atoms with Crippen molar-refractivity contribution in [2.45, 2.75) is 37.6 Å². The lowest BCUT2D eigenvalue weighted by Crippen LogP contribution is -2.61. The Morgan fingerprint density at radius 1 is 1.37 bits per heavy atom. The second kappa shape index (κ2) is 5.97. The summed E-state index contributed by atoms with van der Waals surface area (Å²) in [4.78, 5) is 11.7. The number of methoxy groups -OCH3 is 1. The van der Waals surface area contributed by atoms with Crippen molar-refractivity contribution >= 4 is 5.78 Å². The predicted molar refractivity (Wildman–Crippen MR) is 97.6 cm³/mol. The van der Waals surface area contributed by atoms with Crippen molar-refractivity contribution in [3.8, 4) is 11.5 Å². The highest BCUT2D eigenvalue weighted by atomic mass is 16.6. The van der Waals surface area contributed by atoms with Gasteiger partial charge in [0.25, 0.3) is 0 Å². The van der Waals surface area contributed by atoms with E-state index in [2.05, 4.69) is 0 Å². The van der Waals surface area contributed by atoms with E-state index >= 15 is 0 Å². The number of aliphatic hydroxyl groups is 2. The van der Waals surface area contributed by atoms with E-state index in [1.807, 2.05) is 19.9 Å². The number of ketones is 1. The zero-order valence-corrected chi connectivity index (χ0v) is 15.5. The smallest absolute Gasteiger partial charge is 0.181 e. The molecule has 0 unspecified atom stereocenters. The van der Waals surface area contributed by atoms with Gasteiger partial charge in [0.05, 0.1) is 7.11 Å². The van der Waals surface area contributed by atoms with Gasteiger partial charge in [0.1, 0.15) is 23.9 Å². The van der Waals surface area contributed by atoms with E-state index in [0.29, 0.717) is 23.5 Å². The normalized spacial score (nSPS) is 30.3. The first kappa shape index (κ1) is 17.8. The number of hydrogen-bond donors (Lipinski definition) is 2. The van der Waals surface area contributed by atoms with Crippen LogP contribution in [0, 0.1) is 0 Å². The third-order valence-corrected chi connectivity index (χ3v) is 5.30. The number of allylic oxidation sites excluding steroid dienone is 4. The Bertz CT molecular complexity index is 907. The molecular formula is C21H22O6. The summed E-state index contributed by atoms with van der Waals surface area (Å²) in [5, 5.41) is 22.6. The standard InChI is InChI=1S/C21H22O6/c1-12(2)4-5-14-16(25-3)7-6-15-18(14)27-19-20(23)9-8-13(22)10-17(20)26-11-21(15,19)24/h4,6-10,19,23-24H,5,11H2,1-3H3/t19-,20-,21-/m1/s1. The molecule has 27 heavy (non-hydrogen) atoms. The summed E-state index contributed by atoms with van der Waals surface area (Å²) in [6.45, 7) is 3.89. The van der Waals surface area contributed by atoms with Gasteiger partial charge in [0, 0.05) is 17.2 Å². The largest absolute Gasteiger partial charge is 0.496 e. The van der Waals surface area contributed by atoms with Gasteiger partial charge in [-0.3, -0.25) is 4.79 Å². The summed E-state index contributed by atoms with van der Waals surface area (Å²) >= 11 is 0. The molecule has 0 radical (unpaired) electrons. The molecule has 3 aliphatic rings. The maximum atomic E-state index is 11.7. The molecule has 1 fully saturated rings. The lowest BCUT2D eigenvalue weighted by Gasteiger charge is -2.45. The van der Waals surface area contributed by atoms with E-state index in [-0.39, 0.29) is 18.1 Å². The molecule has 1 aromatic rings. The molecule has 4 rings (SSSR count). The summed E-state index contributed by atoms with van der Waals surface area (Å²) in [5.74, 6) is 0.950. The highest BCUT2D eigenvalue weighted by molar-refractivity contribution is 6.01. The summed E-state index contributed by atoms with van der Waals surface area (Å²) in [7, 11) is 1.58. The highest BCUT2D eigenvalue weighted by Crippen LogP contribution is 2.53. The fraction of sp³-hybridized carbons (Fsp3) is 0.381. The molecule has 142 valence electrons. The monoisotopic (exact) mass is 370 g/mol. The zero-order chi connectivity index (χ0) is 19.4. The van der Waals surface area contributed by atoms with Crippen LogP contribution in [-0.4, -0.2) is 41.4 Å². The van der Waals surface area contributed by atoms with E-state index in [4.69, 9.17) is 14.2 Å². The van der Waals surface area contributed by atoms with Crippen LogP contribution >= 0.6 is 0 Å². The van der Waals surface area contributed by atoms with Crippen LogP contribution in [0.25, 0.3) is 0 Å². The second-order valence-corrected chi connectivity index (χ2v) is 7.39. The lowest BCUT2D eigenvalue weighted by molar-refractivity contribution is -0.187. The van der Waals surface area contributed by atoms with Crippen molar-refractivity contribution in [1.82, 2.24) is 0 Å². The van der Waals surface area contributed by atoms with Crippen molar-refractivity contribution < 1.29 is 29.2 Å². The number of rotatable bonds is 3. The first-order valence-corrected chi connectivity index (χ1v) is 8.83. The molecule has 6 nitrogen and oxygen atoms in total. The van der Waals surface area contributed by atoms with Crippen molar-refractivity contribution in [2.24, 2.45) is 0 Å². The van der Waals surface area contributed by atoms with Crippen LogP contribution in [0.15, 0.2) is 47.8 Å². The van der Waals surface area contributed by atoms with Crippen LogP contribution in [0.1, 0.15) is 25.0 Å². The minimum absolute atomic E-state index is 0.0929. The maximum Gasteiger partial charge on any atom is 0.181 e. The first-order valence-electron chi connectivity index (χ1n) is 8.83. The third-order valence-electron chi connectivity index (χ3n) is 5.30. The number of hydrogen-bond acceptors (Lipinski definition) is 6. The summed E-state index contributed by atoms with van der Waals surface area (Å²) in [6, 6.07) is 3.52. The third kappa shape index (κ3) is 2.51. The van der Waals surface area contributed by atoms with Crippen LogP contribution in [0.5, 0.6) is 11.5 Å². The fourth-order valence-corrected chi connectivity index (χ4v) is 3.89. The van der Waals surface area contributed by atoms with Gasteiger partial charge in [-0.25, -0.2) is 0 Å². The molecule has 0 bridgehead atoms. The molecule has 2 N–H and O–H groups in total. The van der Waals surface area contributed by atoms with Crippen molar-refractivity contribution in [3.63, 3.8) is 0 Å². The van der Waals surface area contributed by atoms with E-state index in [1.54, 1.807) is 19.2 Å². The zero-order valence-electron chi connectivity index (χ0n) is 15.5. The Balaban J connectivity index is 1.84. The van der Waals surface area contributed by atoms with Gasteiger partial charge in [-0.15, -0.1) is 0 Å². The minimum atomic E-state index is -1.72. The van der Waals surface area contributed by atoms with Crippen LogP contribution in [0.4, 0.5) is 0 Å². The molecule has 6 heteroatoms. The average Bonchev–Trinajstić information content (AvgIpc) is 2.94. The van der Waals surface area contributed by atoms with E-state index in [9.17, 15) is 15.0 Å². The highest BCUT2D eigenvalue weighted by Gasteiger charge is 2.63. The number of benzene rings is 1. The maximum absolute atomic E-state index is 11.7. The van der Waals surface area contributed by atoms with Gasteiger partial charge in [-0.2, -0.15) is 0 Å². The van der Waals surface area contributed by atoms with Crippen LogP contribution in [-0.2, 0) is 21.6 Å². The Hall–Kier alpha value is -2.57. The van der Waals surface area contributed by atoms with Gasteiger partial charge in [-0.05, 0) is 44.6 Å². The van der Waals surface area contributed by atoms with Crippen molar-refractivity contribution in [3.05, 3.63) is 58.9 Å². The van der Waals surface area contributed by atoms with Gasteiger partial charge < -0.3 is 24.4 Å². The molecule has 0 aromatic heterocycles. The molecule has 0 saturated carbocycles. The number of fused-ring (bicyclic) bond motifs is 5. The second-order valence-electron chi connectivity index (χ2n) is 7.39. The van der Waals surface area contributed by atoms with Gasteiger partial charge in [-0.1, -0.05) is 11.6 Å². The molecule has 2 aliphatic heterocycles. The number of carbonyl (C=O) groups excluding carboxylic acids is 1. The Morgan fingerprint density at radius 3 is 2.85 bits per heavy atom. The predicted octanol–water partition coefficient (Wildman–Crippen LogP) is 1.94. The van der Waals surface area contributed by atoms with Crippen LogP contribution in [0.3, 0.4) is 0 Å². The van der Waals surface area contributed by atoms with Gasteiger partial charge in [0.15, 0.2) is 23.1 Å². The average molecular weight is 370 g/mol. The summed E-state index contributed by atoms with van der Waals surface area (Å²) in [5.41, 5.74) is -0.782. The summed E-state index contributed by atoms with van der Waals surface area (Å²) in [6.07, 6.45) is 5.41. The fourth-order valence-electron chi connectivity index (χ4n) is 3.89. The molecule has 3 atom stereocenters. The molecule has 1 aromatic carbocycles. The van der Waals surface area contributed by atoms with Crippen LogP contribution < -0.4 is 9.47 Å². The SMILES string of the molecule is COc1ccc2c(c1CC=C(C)C)O[C@@H]1[C@@]3(O)C=CC(=O)C=C3OC[C@@]21O. The summed E-state index contributed by atoms with van der Waals surface area (Å²) < 4.78 is 17.2. The van der Waals surface area contributed by atoms with E-state index in [0.717, 1.165) is 11.1 Å². The minimum Gasteiger partial charge on any atom is -0.496 e. The molecule has 0 amide bonds. The van der Waals surface area contributed by atoms with Crippen molar-refractivity contribution in [2.75, 3.05) is 13.7 Å². The molecular weight excluding hydrogens is 348 g/mol. The van der Waals surface area contributed by atoms with Gasteiger partial charge >= 0.3 is 0 Å². The van der Waals surface area contributed by atoms with Gasteiger partial charge in [0.2, 0.25) is 0 Å². The molecule has 1 saturated heterocycles. The Labute approximate surface area is 157 Å². The molecule has 0 spiro atoms.